The Morgan fingerprint density at radius 3 is 2.76 bits per heavy atom. The van der Waals surface area contributed by atoms with E-state index >= 15 is 0 Å². The number of hydrogen-bond donors (Lipinski definition) is 4. The molecule has 0 spiro atoms. The fraction of sp³-hybridized carbons (Fsp3) is 0.444. The highest BCUT2D eigenvalue weighted by Gasteiger charge is 2.37. The van der Waals surface area contributed by atoms with Crippen molar-refractivity contribution in [1.82, 2.24) is 16.0 Å². The second-order valence-corrected chi connectivity index (χ2v) is 7.42. The molecule has 7 heteroatoms. The number of nitrogens with one attached hydrogen (secondary N) is 3. The molecule has 1 fully saturated rings. The normalized spacial score (nSPS) is 17.8. The molecule has 0 radical (unpaired) electrons. The summed E-state index contributed by atoms with van der Waals surface area (Å²) in [5, 5.41) is 11.9. The predicted octanol–water partition coefficient (Wildman–Crippen LogP) is 0.755. The van der Waals surface area contributed by atoms with E-state index in [0.29, 0.717) is 32.4 Å². The van der Waals surface area contributed by atoms with Crippen LogP contribution in [0.2, 0.25) is 0 Å². The van der Waals surface area contributed by atoms with Crippen molar-refractivity contribution in [2.45, 2.75) is 30.8 Å². The molecule has 2 aromatic rings. The molecule has 2 amide bonds. The standard InChI is InChI=1S/C18H24N4O2S/c1-20-16(23)14(22-17(24)18(19)6-8-21-9-7-18)10-12-11-25-15-5-3-2-4-13(12)15/h2-5,11,14,21H,6-10,19H2,1H3,(H,20,23)(H,22,24)/t14-/m1/s1. The van der Waals surface area contributed by atoms with Gasteiger partial charge in [-0.2, -0.15) is 0 Å². The van der Waals surface area contributed by atoms with E-state index in [1.165, 1.54) is 4.70 Å². The number of hydrogen-bond acceptors (Lipinski definition) is 5. The van der Waals surface area contributed by atoms with E-state index in [4.69, 9.17) is 5.73 Å². The Labute approximate surface area is 151 Å². The molecule has 0 saturated carbocycles. The minimum absolute atomic E-state index is 0.207. The summed E-state index contributed by atoms with van der Waals surface area (Å²) in [5.74, 6) is -0.455. The molecule has 0 unspecified atom stereocenters. The van der Waals surface area contributed by atoms with E-state index in [2.05, 4.69) is 27.4 Å². The Kier molecular flexibility index (Phi) is 5.36. The first-order valence-corrected chi connectivity index (χ1v) is 9.39. The highest BCUT2D eigenvalue weighted by atomic mass is 32.1. The summed E-state index contributed by atoms with van der Waals surface area (Å²) < 4.78 is 1.17. The van der Waals surface area contributed by atoms with Gasteiger partial charge in [0.25, 0.3) is 0 Å². The molecular weight excluding hydrogens is 336 g/mol. The molecule has 2 heterocycles. The van der Waals surface area contributed by atoms with Crippen LogP contribution in [-0.2, 0) is 16.0 Å². The van der Waals surface area contributed by atoms with Crippen LogP contribution in [0.4, 0.5) is 0 Å². The molecule has 1 aliphatic heterocycles. The van der Waals surface area contributed by atoms with Gasteiger partial charge in [0.2, 0.25) is 11.8 Å². The first-order chi connectivity index (χ1) is 12.0. The number of rotatable bonds is 5. The molecule has 25 heavy (non-hydrogen) atoms. The van der Waals surface area contributed by atoms with Gasteiger partial charge >= 0.3 is 0 Å². The van der Waals surface area contributed by atoms with Gasteiger partial charge in [-0.1, -0.05) is 18.2 Å². The van der Waals surface area contributed by atoms with Gasteiger partial charge in [0.05, 0.1) is 5.54 Å². The number of amides is 2. The maximum absolute atomic E-state index is 12.7. The van der Waals surface area contributed by atoms with Crippen LogP contribution in [0.5, 0.6) is 0 Å². The van der Waals surface area contributed by atoms with Crippen LogP contribution in [0.3, 0.4) is 0 Å². The van der Waals surface area contributed by atoms with E-state index in [9.17, 15) is 9.59 Å². The molecule has 3 rings (SSSR count). The first-order valence-electron chi connectivity index (χ1n) is 8.51. The molecule has 1 saturated heterocycles. The third kappa shape index (κ3) is 3.84. The number of nitrogens with two attached hydrogens (primary N) is 1. The Balaban J connectivity index is 1.78. The van der Waals surface area contributed by atoms with E-state index < -0.39 is 11.6 Å². The van der Waals surface area contributed by atoms with Crippen molar-refractivity contribution in [3.05, 3.63) is 35.2 Å². The van der Waals surface area contributed by atoms with Crippen molar-refractivity contribution in [3.8, 4) is 0 Å². The van der Waals surface area contributed by atoms with Gasteiger partial charge in [-0.15, -0.1) is 11.3 Å². The smallest absolute Gasteiger partial charge is 0.242 e. The van der Waals surface area contributed by atoms with E-state index in [1.807, 2.05) is 18.2 Å². The van der Waals surface area contributed by atoms with Crippen molar-refractivity contribution in [2.75, 3.05) is 20.1 Å². The highest BCUT2D eigenvalue weighted by molar-refractivity contribution is 7.17. The second-order valence-electron chi connectivity index (χ2n) is 6.51. The number of thiophene rings is 1. The van der Waals surface area contributed by atoms with Gasteiger partial charge in [0.15, 0.2) is 0 Å². The van der Waals surface area contributed by atoms with Crippen LogP contribution in [-0.4, -0.2) is 43.5 Å². The van der Waals surface area contributed by atoms with Gasteiger partial charge in [-0.25, -0.2) is 0 Å². The topological polar surface area (TPSA) is 96.2 Å². The van der Waals surface area contributed by atoms with Crippen molar-refractivity contribution < 1.29 is 9.59 Å². The summed E-state index contributed by atoms with van der Waals surface area (Å²) in [5.41, 5.74) is 6.43. The van der Waals surface area contributed by atoms with Crippen LogP contribution < -0.4 is 21.7 Å². The first kappa shape index (κ1) is 17.8. The summed E-state index contributed by atoms with van der Waals surface area (Å²) in [4.78, 5) is 25.0. The molecule has 1 aromatic heterocycles. The average molecular weight is 360 g/mol. The quantitative estimate of drug-likeness (QED) is 0.633. The summed E-state index contributed by atoms with van der Waals surface area (Å²) in [7, 11) is 1.58. The molecule has 134 valence electrons. The number of carbonyl (C=O) groups excluding carboxylic acids is 2. The summed E-state index contributed by atoms with van der Waals surface area (Å²) >= 11 is 1.64. The van der Waals surface area contributed by atoms with Crippen LogP contribution in [0.25, 0.3) is 10.1 Å². The zero-order chi connectivity index (χ0) is 17.9. The van der Waals surface area contributed by atoms with Crippen LogP contribution in [0, 0.1) is 0 Å². The lowest BCUT2D eigenvalue weighted by molar-refractivity contribution is -0.132. The summed E-state index contributed by atoms with van der Waals surface area (Å²) in [6, 6.07) is 7.44. The summed E-state index contributed by atoms with van der Waals surface area (Å²) in [6.07, 6.45) is 1.59. The molecule has 0 aliphatic carbocycles. The zero-order valence-corrected chi connectivity index (χ0v) is 15.1. The third-order valence-corrected chi connectivity index (χ3v) is 5.81. The number of piperidine rings is 1. The van der Waals surface area contributed by atoms with Crippen molar-refractivity contribution in [3.63, 3.8) is 0 Å². The average Bonchev–Trinajstić information content (AvgIpc) is 3.04. The Morgan fingerprint density at radius 1 is 1.32 bits per heavy atom. The van der Waals surface area contributed by atoms with Gasteiger partial charge in [-0.3, -0.25) is 9.59 Å². The van der Waals surface area contributed by atoms with Gasteiger partial charge in [-0.05, 0) is 48.3 Å². The number of benzene rings is 1. The molecule has 1 aliphatic rings. The fourth-order valence-electron chi connectivity index (χ4n) is 3.20. The van der Waals surface area contributed by atoms with Crippen LogP contribution in [0.1, 0.15) is 18.4 Å². The Bertz CT molecular complexity index is 767. The van der Waals surface area contributed by atoms with Crippen molar-refractivity contribution in [1.29, 1.82) is 0 Å². The maximum Gasteiger partial charge on any atom is 0.242 e. The number of carbonyl (C=O) groups is 2. The second kappa shape index (κ2) is 7.51. The Hall–Kier alpha value is -1.96. The molecule has 0 bridgehead atoms. The van der Waals surface area contributed by atoms with E-state index in [1.54, 1.807) is 18.4 Å². The van der Waals surface area contributed by atoms with Crippen LogP contribution in [0.15, 0.2) is 29.6 Å². The van der Waals surface area contributed by atoms with Gasteiger partial charge in [0, 0.05) is 18.2 Å². The van der Waals surface area contributed by atoms with Crippen molar-refractivity contribution in [2.24, 2.45) is 5.73 Å². The monoisotopic (exact) mass is 360 g/mol. The summed E-state index contributed by atoms with van der Waals surface area (Å²) in [6.45, 7) is 1.42. The minimum atomic E-state index is -0.908. The van der Waals surface area contributed by atoms with E-state index in [0.717, 1.165) is 10.9 Å². The lowest BCUT2D eigenvalue weighted by Crippen LogP contribution is -2.62. The minimum Gasteiger partial charge on any atom is -0.357 e. The maximum atomic E-state index is 12.7. The number of likely N-dealkylation sites (N-methyl/N-ethyl adjacent to an activating group) is 1. The highest BCUT2D eigenvalue weighted by Crippen LogP contribution is 2.26. The molecule has 1 aromatic carbocycles. The van der Waals surface area contributed by atoms with Gasteiger partial charge in [0.1, 0.15) is 6.04 Å². The lowest BCUT2D eigenvalue weighted by atomic mass is 9.88. The molecule has 1 atom stereocenters. The number of fused-ring (bicyclic) bond motifs is 1. The lowest BCUT2D eigenvalue weighted by Gasteiger charge is -2.33. The molecule has 5 N–H and O–H groups in total. The molecule has 6 nitrogen and oxygen atoms in total. The SMILES string of the molecule is CNC(=O)[C@@H](Cc1csc2ccccc12)NC(=O)C1(N)CCNCC1. The third-order valence-electron chi connectivity index (χ3n) is 4.80. The Morgan fingerprint density at radius 2 is 2.04 bits per heavy atom. The fourth-order valence-corrected chi connectivity index (χ4v) is 4.17. The van der Waals surface area contributed by atoms with Crippen molar-refractivity contribution >= 4 is 33.2 Å². The molecular formula is C18H24N4O2S. The van der Waals surface area contributed by atoms with Crippen LogP contribution >= 0.6 is 11.3 Å². The predicted molar refractivity (Wildman–Crippen MR) is 101 cm³/mol. The largest absolute Gasteiger partial charge is 0.357 e. The van der Waals surface area contributed by atoms with Gasteiger partial charge < -0.3 is 21.7 Å². The zero-order valence-electron chi connectivity index (χ0n) is 14.3. The van der Waals surface area contributed by atoms with E-state index in [-0.39, 0.29) is 11.8 Å².